The van der Waals surface area contributed by atoms with Crippen LogP contribution in [0.2, 0.25) is 0 Å². The van der Waals surface area contributed by atoms with E-state index in [1.54, 1.807) is 0 Å². The number of benzene rings is 1. The molecule has 0 aliphatic heterocycles. The van der Waals surface area contributed by atoms with Crippen LogP contribution in [0.5, 0.6) is 0 Å². The molecular formula is C14H20N2. The summed E-state index contributed by atoms with van der Waals surface area (Å²) < 4.78 is 0. The zero-order chi connectivity index (χ0) is 12.0. The van der Waals surface area contributed by atoms with Gasteiger partial charge in [0.2, 0.25) is 0 Å². The van der Waals surface area contributed by atoms with Crippen LogP contribution in [-0.4, -0.2) is 24.0 Å². The molecule has 0 unspecified atom stereocenters. The second-order valence-corrected chi connectivity index (χ2v) is 4.35. The molecule has 0 aliphatic rings. The summed E-state index contributed by atoms with van der Waals surface area (Å²) in [6, 6.07) is 10.8. The van der Waals surface area contributed by atoms with Crippen LogP contribution in [0.25, 0.3) is 0 Å². The SMILES string of the molecule is CC(C)N=CC(=NC(C)C)c1ccccc1. The Balaban J connectivity index is 2.98. The van der Waals surface area contributed by atoms with Crippen LogP contribution in [0, 0.1) is 0 Å². The van der Waals surface area contributed by atoms with Crippen molar-refractivity contribution in [2.24, 2.45) is 9.98 Å². The maximum Gasteiger partial charge on any atom is 0.0828 e. The van der Waals surface area contributed by atoms with Gasteiger partial charge in [-0.1, -0.05) is 30.3 Å². The van der Waals surface area contributed by atoms with E-state index in [0.717, 1.165) is 11.3 Å². The minimum absolute atomic E-state index is 0.286. The Hall–Kier alpha value is -1.44. The average Bonchev–Trinajstić information content (AvgIpc) is 2.25. The highest BCUT2D eigenvalue weighted by Gasteiger charge is 2.01. The first-order valence-corrected chi connectivity index (χ1v) is 5.76. The summed E-state index contributed by atoms with van der Waals surface area (Å²) in [6.45, 7) is 8.28. The summed E-state index contributed by atoms with van der Waals surface area (Å²) in [5.41, 5.74) is 2.09. The highest BCUT2D eigenvalue weighted by molar-refractivity contribution is 6.38. The molecule has 0 atom stereocenters. The normalized spacial score (nSPS) is 13.0. The Morgan fingerprint density at radius 3 is 2.12 bits per heavy atom. The molecule has 0 amide bonds. The third-order valence-electron chi connectivity index (χ3n) is 1.96. The van der Waals surface area contributed by atoms with Crippen LogP contribution < -0.4 is 0 Å². The minimum atomic E-state index is 0.286. The van der Waals surface area contributed by atoms with E-state index in [1.165, 1.54) is 0 Å². The summed E-state index contributed by atoms with van der Waals surface area (Å²) in [5.74, 6) is 0. The lowest BCUT2D eigenvalue weighted by molar-refractivity contribution is 0.833. The van der Waals surface area contributed by atoms with Crippen molar-refractivity contribution < 1.29 is 0 Å². The molecule has 86 valence electrons. The van der Waals surface area contributed by atoms with Gasteiger partial charge in [-0.2, -0.15) is 0 Å². The van der Waals surface area contributed by atoms with Crippen molar-refractivity contribution in [1.82, 2.24) is 0 Å². The Kier molecular flexibility index (Phi) is 4.90. The predicted octanol–water partition coefficient (Wildman–Crippen LogP) is 3.36. The lowest BCUT2D eigenvalue weighted by Crippen LogP contribution is -2.08. The molecule has 0 aliphatic carbocycles. The second-order valence-electron chi connectivity index (χ2n) is 4.35. The molecular weight excluding hydrogens is 196 g/mol. The molecule has 0 bridgehead atoms. The number of hydrogen-bond acceptors (Lipinski definition) is 2. The summed E-state index contributed by atoms with van der Waals surface area (Å²) in [7, 11) is 0. The van der Waals surface area contributed by atoms with E-state index in [1.807, 2.05) is 24.4 Å². The van der Waals surface area contributed by atoms with Crippen LogP contribution in [0.15, 0.2) is 40.3 Å². The minimum Gasteiger partial charge on any atom is -0.288 e. The highest BCUT2D eigenvalue weighted by Crippen LogP contribution is 2.02. The average molecular weight is 216 g/mol. The zero-order valence-electron chi connectivity index (χ0n) is 10.5. The molecule has 0 saturated carbocycles. The molecule has 2 nitrogen and oxygen atoms in total. The fourth-order valence-corrected chi connectivity index (χ4v) is 1.29. The van der Waals surface area contributed by atoms with E-state index in [4.69, 9.17) is 0 Å². The summed E-state index contributed by atoms with van der Waals surface area (Å²) in [5, 5.41) is 0. The molecule has 0 heterocycles. The molecule has 0 saturated heterocycles. The number of aliphatic imine (C=N–C) groups is 2. The van der Waals surface area contributed by atoms with E-state index in [-0.39, 0.29) is 6.04 Å². The zero-order valence-corrected chi connectivity index (χ0v) is 10.5. The third-order valence-corrected chi connectivity index (χ3v) is 1.96. The highest BCUT2D eigenvalue weighted by atomic mass is 14.8. The fourth-order valence-electron chi connectivity index (χ4n) is 1.29. The van der Waals surface area contributed by atoms with Crippen LogP contribution in [-0.2, 0) is 0 Å². The summed E-state index contributed by atoms with van der Waals surface area (Å²) in [4.78, 5) is 8.99. The van der Waals surface area contributed by atoms with E-state index < -0.39 is 0 Å². The first-order valence-electron chi connectivity index (χ1n) is 5.76. The lowest BCUT2D eigenvalue weighted by Gasteiger charge is -2.04. The standard InChI is InChI=1S/C14H20N2/c1-11(2)15-10-14(16-12(3)4)13-8-6-5-7-9-13/h5-12H,1-4H3. The molecule has 16 heavy (non-hydrogen) atoms. The van der Waals surface area contributed by atoms with Crippen LogP contribution in [0.1, 0.15) is 33.3 Å². The number of nitrogens with zero attached hydrogens (tertiary/aromatic N) is 2. The Labute approximate surface area is 98.1 Å². The Bertz CT molecular complexity index is 362. The van der Waals surface area contributed by atoms with Crippen LogP contribution in [0.4, 0.5) is 0 Å². The van der Waals surface area contributed by atoms with Gasteiger partial charge >= 0.3 is 0 Å². The maximum absolute atomic E-state index is 4.59. The van der Waals surface area contributed by atoms with E-state index >= 15 is 0 Å². The topological polar surface area (TPSA) is 24.7 Å². The third kappa shape index (κ3) is 4.39. The van der Waals surface area contributed by atoms with Crippen molar-refractivity contribution in [3.05, 3.63) is 35.9 Å². The largest absolute Gasteiger partial charge is 0.288 e. The molecule has 2 heteroatoms. The van der Waals surface area contributed by atoms with Gasteiger partial charge in [0.1, 0.15) is 0 Å². The van der Waals surface area contributed by atoms with Gasteiger partial charge in [0, 0.05) is 23.9 Å². The van der Waals surface area contributed by atoms with E-state index in [0.29, 0.717) is 6.04 Å². The first-order chi connectivity index (χ1) is 7.59. The Morgan fingerprint density at radius 2 is 1.62 bits per heavy atom. The molecule has 1 aromatic rings. The van der Waals surface area contributed by atoms with Gasteiger partial charge in [0.05, 0.1) is 5.71 Å². The van der Waals surface area contributed by atoms with Crippen molar-refractivity contribution >= 4 is 11.9 Å². The second kappa shape index (κ2) is 6.21. The smallest absolute Gasteiger partial charge is 0.0828 e. The first kappa shape index (κ1) is 12.6. The molecule has 1 rings (SSSR count). The molecule has 0 aromatic heterocycles. The van der Waals surface area contributed by atoms with Gasteiger partial charge in [-0.05, 0) is 27.7 Å². The molecule has 0 spiro atoms. The van der Waals surface area contributed by atoms with Crippen molar-refractivity contribution in [1.29, 1.82) is 0 Å². The molecule has 0 radical (unpaired) electrons. The van der Waals surface area contributed by atoms with Crippen molar-refractivity contribution in [2.75, 3.05) is 0 Å². The number of rotatable bonds is 4. The lowest BCUT2D eigenvalue weighted by atomic mass is 10.1. The van der Waals surface area contributed by atoms with Gasteiger partial charge in [0.25, 0.3) is 0 Å². The molecule has 0 N–H and O–H groups in total. The van der Waals surface area contributed by atoms with Gasteiger partial charge in [-0.25, -0.2) is 0 Å². The van der Waals surface area contributed by atoms with Gasteiger partial charge < -0.3 is 0 Å². The predicted molar refractivity (Wildman–Crippen MR) is 71.7 cm³/mol. The fraction of sp³-hybridized carbons (Fsp3) is 0.429. The summed E-state index contributed by atoms with van der Waals surface area (Å²) in [6.07, 6.45) is 1.88. The quantitative estimate of drug-likeness (QED) is 0.689. The summed E-state index contributed by atoms with van der Waals surface area (Å²) >= 11 is 0. The van der Waals surface area contributed by atoms with Crippen molar-refractivity contribution in [2.45, 2.75) is 39.8 Å². The van der Waals surface area contributed by atoms with Crippen LogP contribution in [0.3, 0.4) is 0 Å². The Morgan fingerprint density at radius 1 is 1.00 bits per heavy atom. The van der Waals surface area contributed by atoms with Crippen molar-refractivity contribution in [3.8, 4) is 0 Å². The van der Waals surface area contributed by atoms with Gasteiger partial charge in [-0.15, -0.1) is 0 Å². The number of hydrogen-bond donors (Lipinski definition) is 0. The molecule has 1 aromatic carbocycles. The monoisotopic (exact) mass is 216 g/mol. The van der Waals surface area contributed by atoms with E-state index in [9.17, 15) is 0 Å². The molecule has 0 fully saturated rings. The van der Waals surface area contributed by atoms with Gasteiger partial charge in [0.15, 0.2) is 0 Å². The van der Waals surface area contributed by atoms with Crippen molar-refractivity contribution in [3.63, 3.8) is 0 Å². The van der Waals surface area contributed by atoms with E-state index in [2.05, 4.69) is 49.8 Å². The van der Waals surface area contributed by atoms with Gasteiger partial charge in [-0.3, -0.25) is 9.98 Å². The maximum atomic E-state index is 4.59. The van der Waals surface area contributed by atoms with Crippen LogP contribution >= 0.6 is 0 Å².